The third kappa shape index (κ3) is 4.84. The zero-order valence-corrected chi connectivity index (χ0v) is 15.9. The van der Waals surface area contributed by atoms with E-state index in [1.165, 1.54) is 44.1 Å². The Morgan fingerprint density at radius 1 is 1.36 bits per heavy atom. The van der Waals surface area contributed by atoms with Crippen LogP contribution in [-0.2, 0) is 17.6 Å². The molecule has 3 heteroatoms. The van der Waals surface area contributed by atoms with Gasteiger partial charge in [-0.05, 0) is 62.0 Å². The summed E-state index contributed by atoms with van der Waals surface area (Å²) in [5, 5.41) is 3.47. The van der Waals surface area contributed by atoms with Crippen LogP contribution >= 0.6 is 0 Å². The molecule has 1 aromatic rings. The maximum atomic E-state index is 12.8. The van der Waals surface area contributed by atoms with Crippen LogP contribution in [0.2, 0.25) is 0 Å². The fourth-order valence-corrected chi connectivity index (χ4v) is 5.22. The minimum absolute atomic E-state index is 0.0717. The summed E-state index contributed by atoms with van der Waals surface area (Å²) in [5.74, 6) is 1.80. The highest BCUT2D eigenvalue weighted by molar-refractivity contribution is 5.79. The van der Waals surface area contributed by atoms with Crippen molar-refractivity contribution in [1.82, 2.24) is 5.32 Å². The quantitative estimate of drug-likeness (QED) is 0.821. The van der Waals surface area contributed by atoms with Crippen molar-refractivity contribution in [2.24, 2.45) is 17.6 Å². The third-order valence-corrected chi connectivity index (χ3v) is 6.19. The highest BCUT2D eigenvalue weighted by atomic mass is 16.1. The van der Waals surface area contributed by atoms with Gasteiger partial charge in [-0.3, -0.25) is 4.79 Å². The number of fused-ring (bicyclic) bond motifs is 2. The lowest BCUT2D eigenvalue weighted by molar-refractivity contribution is -0.124. The van der Waals surface area contributed by atoms with Crippen molar-refractivity contribution < 1.29 is 4.79 Å². The van der Waals surface area contributed by atoms with Crippen LogP contribution in [-0.4, -0.2) is 17.5 Å². The molecule has 0 radical (unpaired) electrons. The fourth-order valence-electron chi connectivity index (χ4n) is 5.22. The molecule has 1 amide bonds. The number of nitrogens with two attached hydrogens (primary N) is 1. The van der Waals surface area contributed by atoms with Gasteiger partial charge in [-0.25, -0.2) is 0 Å². The van der Waals surface area contributed by atoms with Crippen molar-refractivity contribution in [3.05, 3.63) is 35.4 Å². The molecule has 138 valence electrons. The van der Waals surface area contributed by atoms with Gasteiger partial charge < -0.3 is 11.1 Å². The van der Waals surface area contributed by atoms with Gasteiger partial charge in [0, 0.05) is 11.6 Å². The number of rotatable bonds is 6. The second-order valence-corrected chi connectivity index (χ2v) is 8.68. The lowest BCUT2D eigenvalue weighted by Gasteiger charge is -2.48. The van der Waals surface area contributed by atoms with Crippen molar-refractivity contribution >= 4 is 5.91 Å². The molecule has 2 aliphatic carbocycles. The van der Waals surface area contributed by atoms with Gasteiger partial charge in [0.2, 0.25) is 5.91 Å². The number of carbonyl (C=O) groups excluding carboxylic acids is 1. The smallest absolute Gasteiger partial charge is 0.224 e. The molecule has 3 rings (SSSR count). The Hall–Kier alpha value is -1.35. The Labute approximate surface area is 152 Å². The van der Waals surface area contributed by atoms with Crippen LogP contribution in [0.15, 0.2) is 24.3 Å². The van der Waals surface area contributed by atoms with E-state index in [1.807, 2.05) is 13.0 Å². The number of benzene rings is 1. The molecule has 0 aliphatic heterocycles. The van der Waals surface area contributed by atoms with E-state index < -0.39 is 0 Å². The molecule has 0 saturated heterocycles. The van der Waals surface area contributed by atoms with Crippen LogP contribution in [0, 0.1) is 11.8 Å². The topological polar surface area (TPSA) is 55.1 Å². The predicted octanol–water partition coefficient (Wildman–Crippen LogP) is 3.98. The molecule has 25 heavy (non-hydrogen) atoms. The van der Waals surface area contributed by atoms with E-state index in [4.69, 9.17) is 5.73 Å². The molecule has 0 spiro atoms. The molecule has 4 unspecified atom stereocenters. The maximum Gasteiger partial charge on any atom is 0.224 e. The van der Waals surface area contributed by atoms with E-state index in [1.54, 1.807) is 0 Å². The summed E-state index contributed by atoms with van der Waals surface area (Å²) in [6.45, 7) is 4.32. The second kappa shape index (κ2) is 7.90. The van der Waals surface area contributed by atoms with E-state index in [0.717, 1.165) is 30.2 Å². The van der Waals surface area contributed by atoms with Gasteiger partial charge in [0.05, 0.1) is 6.42 Å². The number of hydrogen-bond donors (Lipinski definition) is 2. The molecular formula is C22H34N2O. The standard InChI is InChI=1S/C22H34N2O/c1-3-17-11-20-8-5-9-22(14-17,15-20)24-21(25)13-19-7-4-6-18(12-19)10-16(2)23/h4,6-7,12,16-17,20H,3,5,8-11,13-15,23H2,1-2H3,(H,24,25). The van der Waals surface area contributed by atoms with Gasteiger partial charge in [-0.15, -0.1) is 0 Å². The lowest BCUT2D eigenvalue weighted by atomic mass is 9.63. The molecule has 3 nitrogen and oxygen atoms in total. The number of hydrogen-bond acceptors (Lipinski definition) is 2. The average molecular weight is 343 g/mol. The first-order chi connectivity index (χ1) is 12.0. The highest BCUT2D eigenvalue weighted by Crippen LogP contribution is 2.46. The minimum atomic E-state index is 0.0717. The molecular weight excluding hydrogens is 308 g/mol. The maximum absolute atomic E-state index is 12.8. The number of amides is 1. The van der Waals surface area contributed by atoms with Crippen LogP contribution < -0.4 is 11.1 Å². The summed E-state index contributed by atoms with van der Waals surface area (Å²) in [7, 11) is 0. The Bertz CT molecular complexity index is 597. The number of carbonyl (C=O) groups is 1. The summed E-state index contributed by atoms with van der Waals surface area (Å²) in [4.78, 5) is 12.8. The van der Waals surface area contributed by atoms with E-state index in [9.17, 15) is 4.79 Å². The van der Waals surface area contributed by atoms with Gasteiger partial charge >= 0.3 is 0 Å². The Balaban J connectivity index is 1.63. The Morgan fingerprint density at radius 3 is 2.92 bits per heavy atom. The second-order valence-electron chi connectivity index (χ2n) is 8.68. The molecule has 1 aromatic carbocycles. The number of nitrogens with one attached hydrogen (secondary N) is 1. The lowest BCUT2D eigenvalue weighted by Crippen LogP contribution is -2.55. The van der Waals surface area contributed by atoms with Crippen molar-refractivity contribution in [1.29, 1.82) is 0 Å². The van der Waals surface area contributed by atoms with Crippen LogP contribution in [0.4, 0.5) is 0 Å². The van der Waals surface area contributed by atoms with E-state index >= 15 is 0 Å². The van der Waals surface area contributed by atoms with Gasteiger partial charge in [-0.2, -0.15) is 0 Å². The first-order valence-electron chi connectivity index (χ1n) is 10.1. The summed E-state index contributed by atoms with van der Waals surface area (Å²) >= 11 is 0. The average Bonchev–Trinajstić information content (AvgIpc) is 2.53. The van der Waals surface area contributed by atoms with Crippen LogP contribution in [0.3, 0.4) is 0 Å². The van der Waals surface area contributed by atoms with Crippen molar-refractivity contribution in [2.75, 3.05) is 0 Å². The normalized spacial score (nSPS) is 29.9. The zero-order valence-electron chi connectivity index (χ0n) is 15.9. The molecule has 2 saturated carbocycles. The zero-order chi connectivity index (χ0) is 17.9. The van der Waals surface area contributed by atoms with Crippen molar-refractivity contribution in [3.8, 4) is 0 Å². The Kier molecular flexibility index (Phi) is 5.83. The van der Waals surface area contributed by atoms with E-state index in [2.05, 4.69) is 30.4 Å². The first-order valence-corrected chi connectivity index (χ1v) is 10.1. The molecule has 2 fully saturated rings. The molecule has 2 bridgehead atoms. The largest absolute Gasteiger partial charge is 0.350 e. The van der Waals surface area contributed by atoms with Crippen LogP contribution in [0.5, 0.6) is 0 Å². The highest BCUT2D eigenvalue weighted by Gasteiger charge is 2.43. The molecule has 0 heterocycles. The summed E-state index contributed by atoms with van der Waals surface area (Å²) < 4.78 is 0. The van der Waals surface area contributed by atoms with Gasteiger partial charge in [0.1, 0.15) is 0 Å². The van der Waals surface area contributed by atoms with Gasteiger partial charge in [-0.1, -0.05) is 50.5 Å². The van der Waals surface area contributed by atoms with Gasteiger partial charge in [0.25, 0.3) is 0 Å². The molecule has 4 atom stereocenters. The summed E-state index contributed by atoms with van der Waals surface area (Å²) in [5.41, 5.74) is 8.29. The first kappa shape index (κ1) is 18.4. The summed E-state index contributed by atoms with van der Waals surface area (Å²) in [6, 6.07) is 8.49. The molecule has 0 aromatic heterocycles. The van der Waals surface area contributed by atoms with Gasteiger partial charge in [0.15, 0.2) is 0 Å². The summed E-state index contributed by atoms with van der Waals surface area (Å²) in [6.07, 6.45) is 10.1. The monoisotopic (exact) mass is 342 g/mol. The van der Waals surface area contributed by atoms with Crippen LogP contribution in [0.1, 0.15) is 69.9 Å². The Morgan fingerprint density at radius 2 is 2.16 bits per heavy atom. The van der Waals surface area contributed by atoms with E-state index in [-0.39, 0.29) is 17.5 Å². The fraction of sp³-hybridized carbons (Fsp3) is 0.682. The van der Waals surface area contributed by atoms with Crippen molar-refractivity contribution in [2.45, 2.75) is 83.2 Å². The van der Waals surface area contributed by atoms with Crippen molar-refractivity contribution in [3.63, 3.8) is 0 Å². The molecule has 2 aliphatic rings. The molecule has 3 N–H and O–H groups in total. The SMILES string of the molecule is CCC1CC2CCCC(NC(=O)Cc3cccc(CC(C)N)c3)(C1)C2. The minimum Gasteiger partial charge on any atom is -0.350 e. The van der Waals surface area contributed by atoms with Crippen LogP contribution in [0.25, 0.3) is 0 Å². The predicted molar refractivity (Wildman–Crippen MR) is 103 cm³/mol. The third-order valence-electron chi connectivity index (χ3n) is 6.19. The van der Waals surface area contributed by atoms with E-state index in [0.29, 0.717) is 6.42 Å².